The first-order chi connectivity index (χ1) is 13.3. The molecular weight excluding hydrogens is 407 g/mol. The maximum atomic E-state index is 12.0. The number of ether oxygens (including phenoxy) is 2. The van der Waals surface area contributed by atoms with Crippen molar-refractivity contribution in [3.8, 4) is 0 Å². The van der Waals surface area contributed by atoms with Gasteiger partial charge in [-0.05, 0) is 12.8 Å². The predicted molar refractivity (Wildman–Crippen MR) is 114 cm³/mol. The van der Waals surface area contributed by atoms with E-state index in [0.717, 1.165) is 57.8 Å². The molecule has 0 amide bonds. The van der Waals surface area contributed by atoms with E-state index >= 15 is 0 Å². The Morgan fingerprint density at radius 3 is 1.62 bits per heavy atom. The molecule has 167 valence electrons. The minimum atomic E-state index is -4.73. The second-order valence-electron chi connectivity index (χ2n) is 7.13. The quantitative estimate of drug-likeness (QED) is 0.147. The van der Waals surface area contributed by atoms with Crippen molar-refractivity contribution in [2.24, 2.45) is 0 Å². The number of carbonyl (C=O) groups is 2. The number of hydrogen-bond acceptors (Lipinski definition) is 6. The van der Waals surface area contributed by atoms with Crippen molar-refractivity contribution < 1.29 is 32.0 Å². The Kier molecular flexibility index (Phi) is 21.2. The molecule has 0 aromatic carbocycles. The largest absolute Gasteiger partial charge is 0.466 e. The van der Waals surface area contributed by atoms with E-state index in [-0.39, 0.29) is 42.8 Å². The van der Waals surface area contributed by atoms with Crippen molar-refractivity contribution in [3.63, 3.8) is 0 Å². The van der Waals surface area contributed by atoms with E-state index in [2.05, 4.69) is 13.8 Å². The third kappa shape index (κ3) is 18.3. The molecule has 29 heavy (non-hydrogen) atoms. The zero-order valence-corrected chi connectivity index (χ0v) is 21.3. The van der Waals surface area contributed by atoms with Crippen LogP contribution in [0, 0.1) is 0 Å². The second-order valence-corrected chi connectivity index (χ2v) is 8.73. The van der Waals surface area contributed by atoms with Crippen LogP contribution in [-0.4, -0.2) is 72.9 Å². The Labute approximate surface area is 198 Å². The summed E-state index contributed by atoms with van der Waals surface area (Å²) >= 11 is 0. The molecule has 7 nitrogen and oxygen atoms in total. The van der Waals surface area contributed by atoms with E-state index in [1.54, 1.807) is 0 Å². The Morgan fingerprint density at radius 2 is 1.17 bits per heavy atom. The molecule has 0 saturated carbocycles. The van der Waals surface area contributed by atoms with Crippen LogP contribution >= 0.6 is 0 Å². The van der Waals surface area contributed by atoms with Gasteiger partial charge >= 0.3 is 11.9 Å². The van der Waals surface area contributed by atoms with Crippen LogP contribution in [0.2, 0.25) is 0 Å². The van der Waals surface area contributed by atoms with Crippen LogP contribution in [0.3, 0.4) is 0 Å². The van der Waals surface area contributed by atoms with Crippen LogP contribution in [0.5, 0.6) is 0 Å². The van der Waals surface area contributed by atoms with Crippen LogP contribution in [0.25, 0.3) is 0 Å². The van der Waals surface area contributed by atoms with Crippen LogP contribution in [0.4, 0.5) is 0 Å². The van der Waals surface area contributed by atoms with Crippen molar-refractivity contribution in [1.82, 2.24) is 0 Å². The maximum Gasteiger partial charge on any atom is 0.327 e. The van der Waals surface area contributed by atoms with Gasteiger partial charge in [0.15, 0.2) is 5.25 Å². The average Bonchev–Trinajstić information content (AvgIpc) is 2.63. The van der Waals surface area contributed by atoms with Gasteiger partial charge in [-0.3, -0.25) is 14.1 Å². The molecule has 0 aromatic heterocycles. The molecule has 0 fully saturated rings. The van der Waals surface area contributed by atoms with Gasteiger partial charge in [0.2, 0.25) is 0 Å². The topological polar surface area (TPSA) is 107 Å². The third-order valence-electron chi connectivity index (χ3n) is 4.48. The molecular formula is C20H38NaO7S. The summed E-state index contributed by atoms with van der Waals surface area (Å²) in [5.74, 6) is -1.93. The minimum absolute atomic E-state index is 0. The Bertz CT molecular complexity index is 523. The fourth-order valence-corrected chi connectivity index (χ4v) is 3.39. The van der Waals surface area contributed by atoms with E-state index in [9.17, 15) is 22.6 Å². The fraction of sp³-hybridized carbons (Fsp3) is 0.900. The van der Waals surface area contributed by atoms with Crippen molar-refractivity contribution >= 4 is 51.6 Å². The van der Waals surface area contributed by atoms with Gasteiger partial charge in [-0.2, -0.15) is 8.42 Å². The average molecular weight is 446 g/mol. The molecule has 0 spiro atoms. The summed E-state index contributed by atoms with van der Waals surface area (Å²) in [6, 6.07) is 0. The van der Waals surface area contributed by atoms with Crippen molar-refractivity contribution in [2.75, 3.05) is 13.2 Å². The number of esters is 2. The molecule has 9 heteroatoms. The summed E-state index contributed by atoms with van der Waals surface area (Å²) in [4.78, 5) is 23.8. The van der Waals surface area contributed by atoms with Crippen molar-refractivity contribution in [3.05, 3.63) is 0 Å². The smallest absolute Gasteiger partial charge is 0.327 e. The molecule has 1 radical (unpaired) electrons. The molecule has 0 aliphatic carbocycles. The number of rotatable bonds is 18. The SMILES string of the molecule is CCCCCCCCOC(=O)CC(C(=O)OCCCCCCCC)S(=O)(=O)O.[Na]. The van der Waals surface area contributed by atoms with Crippen molar-refractivity contribution in [1.29, 1.82) is 0 Å². The van der Waals surface area contributed by atoms with E-state index < -0.39 is 33.7 Å². The number of unbranched alkanes of at least 4 members (excludes halogenated alkanes) is 10. The van der Waals surface area contributed by atoms with Gasteiger partial charge in [0.25, 0.3) is 10.1 Å². The van der Waals surface area contributed by atoms with Gasteiger partial charge in [-0.15, -0.1) is 0 Å². The first-order valence-electron chi connectivity index (χ1n) is 10.6. The zero-order valence-electron chi connectivity index (χ0n) is 18.5. The van der Waals surface area contributed by atoms with E-state index in [4.69, 9.17) is 9.47 Å². The van der Waals surface area contributed by atoms with Crippen LogP contribution in [0.1, 0.15) is 97.3 Å². The first kappa shape index (κ1) is 31.0. The molecule has 0 heterocycles. The number of hydrogen-bond donors (Lipinski definition) is 1. The maximum absolute atomic E-state index is 12.0. The van der Waals surface area contributed by atoms with E-state index in [1.165, 1.54) is 6.42 Å². The van der Waals surface area contributed by atoms with Crippen LogP contribution in [0.15, 0.2) is 0 Å². The van der Waals surface area contributed by atoms with Gasteiger partial charge in [0.1, 0.15) is 0 Å². The van der Waals surface area contributed by atoms with Gasteiger partial charge in [-0.1, -0.05) is 78.1 Å². The van der Waals surface area contributed by atoms with Crippen LogP contribution in [-0.2, 0) is 29.2 Å². The molecule has 0 saturated heterocycles. The monoisotopic (exact) mass is 445 g/mol. The molecule has 0 aliphatic heterocycles. The Balaban J connectivity index is 0. The predicted octanol–water partition coefficient (Wildman–Crippen LogP) is 4.06. The van der Waals surface area contributed by atoms with Gasteiger partial charge in [0.05, 0.1) is 19.6 Å². The molecule has 1 N–H and O–H groups in total. The molecule has 0 aliphatic rings. The van der Waals surface area contributed by atoms with E-state index in [1.807, 2.05) is 0 Å². The Hall–Kier alpha value is -0.150. The number of carbonyl (C=O) groups excluding carboxylic acids is 2. The summed E-state index contributed by atoms with van der Waals surface area (Å²) < 4.78 is 42.0. The summed E-state index contributed by atoms with van der Waals surface area (Å²) in [6.45, 7) is 4.50. The fourth-order valence-electron chi connectivity index (χ4n) is 2.74. The summed E-state index contributed by atoms with van der Waals surface area (Å²) in [7, 11) is -4.73. The van der Waals surface area contributed by atoms with Gasteiger partial charge in [-0.25, -0.2) is 0 Å². The first-order valence-corrected chi connectivity index (χ1v) is 12.1. The standard InChI is InChI=1S/C20H38O7S.Na/c1-3-5-7-9-11-13-15-26-19(21)17-18(28(23,24)25)20(22)27-16-14-12-10-8-6-4-2;/h18H,3-17H2,1-2H3,(H,23,24,25);. The van der Waals surface area contributed by atoms with E-state index in [0.29, 0.717) is 12.8 Å². The minimum Gasteiger partial charge on any atom is -0.466 e. The van der Waals surface area contributed by atoms with Gasteiger partial charge in [0, 0.05) is 29.6 Å². The molecule has 0 bridgehead atoms. The van der Waals surface area contributed by atoms with Gasteiger partial charge < -0.3 is 9.47 Å². The second kappa shape index (κ2) is 19.8. The zero-order chi connectivity index (χ0) is 21.3. The third-order valence-corrected chi connectivity index (χ3v) is 5.56. The molecule has 1 unspecified atom stereocenters. The Morgan fingerprint density at radius 1 is 0.759 bits per heavy atom. The molecule has 0 aromatic rings. The van der Waals surface area contributed by atoms with Crippen molar-refractivity contribution in [2.45, 2.75) is 103 Å². The van der Waals surface area contributed by atoms with Crippen LogP contribution < -0.4 is 0 Å². The molecule has 1 atom stereocenters. The summed E-state index contributed by atoms with van der Waals surface area (Å²) in [5, 5.41) is -1.93. The normalized spacial score (nSPS) is 12.1. The summed E-state index contributed by atoms with van der Waals surface area (Å²) in [6.07, 6.45) is 11.3. The summed E-state index contributed by atoms with van der Waals surface area (Å²) in [5.41, 5.74) is 0. The molecule has 0 rings (SSSR count).